The summed E-state index contributed by atoms with van der Waals surface area (Å²) >= 11 is 3.15. The van der Waals surface area contributed by atoms with E-state index in [1.165, 1.54) is 18.6 Å². The van der Waals surface area contributed by atoms with Crippen LogP contribution < -0.4 is 10.5 Å². The van der Waals surface area contributed by atoms with Crippen molar-refractivity contribution < 1.29 is 8.42 Å². The highest BCUT2D eigenvalue weighted by Gasteiger charge is 2.23. The summed E-state index contributed by atoms with van der Waals surface area (Å²) in [5.74, 6) is 0.338. The van der Waals surface area contributed by atoms with E-state index in [1.54, 1.807) is 6.92 Å². The smallest absolute Gasteiger partial charge is 0.244 e. The number of nitrogens with two attached hydrogens (primary N) is 1. The minimum atomic E-state index is -3.79. The summed E-state index contributed by atoms with van der Waals surface area (Å²) in [6.45, 7) is 1.64. The molecule has 1 unspecified atom stereocenters. The summed E-state index contributed by atoms with van der Waals surface area (Å²) in [6.07, 6.45) is 2.73. The van der Waals surface area contributed by atoms with E-state index in [-0.39, 0.29) is 10.7 Å². The number of sulfonamides is 1. The topological polar surface area (TPSA) is 127 Å². The Morgan fingerprint density at radius 1 is 1.47 bits per heavy atom. The molecule has 0 saturated carbocycles. The number of nitrogens with one attached hydrogen (secondary N) is 2. The van der Waals surface area contributed by atoms with E-state index in [0.29, 0.717) is 10.3 Å². The summed E-state index contributed by atoms with van der Waals surface area (Å²) in [7, 11) is -3.79. The van der Waals surface area contributed by atoms with Gasteiger partial charge < -0.3 is 5.73 Å². The van der Waals surface area contributed by atoms with Gasteiger partial charge in [0.05, 0.1) is 6.04 Å². The normalized spacial score (nSPS) is 13.4. The number of halogens is 1. The number of rotatable bonds is 4. The van der Waals surface area contributed by atoms with Crippen LogP contribution in [-0.4, -0.2) is 28.6 Å². The Bertz CT molecular complexity index is 672. The Morgan fingerprint density at radius 3 is 2.84 bits per heavy atom. The molecular formula is C9H11BrN6O2S. The zero-order valence-electron chi connectivity index (χ0n) is 9.83. The van der Waals surface area contributed by atoms with Crippen LogP contribution in [0.15, 0.2) is 28.0 Å². The zero-order valence-corrected chi connectivity index (χ0v) is 12.2. The Morgan fingerprint density at radius 2 is 2.21 bits per heavy atom. The van der Waals surface area contributed by atoms with Crippen LogP contribution in [0.4, 0.5) is 5.82 Å². The van der Waals surface area contributed by atoms with Crippen molar-refractivity contribution in [3.63, 3.8) is 0 Å². The van der Waals surface area contributed by atoms with Crippen LogP contribution in [0.2, 0.25) is 0 Å². The Hall–Kier alpha value is -1.52. The van der Waals surface area contributed by atoms with Gasteiger partial charge in [-0.3, -0.25) is 5.10 Å². The molecule has 10 heteroatoms. The lowest BCUT2D eigenvalue weighted by molar-refractivity contribution is 0.560. The van der Waals surface area contributed by atoms with Gasteiger partial charge in [0.2, 0.25) is 10.0 Å². The molecule has 0 spiro atoms. The Kier molecular flexibility index (Phi) is 3.83. The van der Waals surface area contributed by atoms with Crippen LogP contribution in [0.5, 0.6) is 0 Å². The van der Waals surface area contributed by atoms with Gasteiger partial charge in [-0.25, -0.2) is 23.1 Å². The minimum absolute atomic E-state index is 0.0690. The standard InChI is InChI=1S/C9H11BrN6O2S/c1-5(9-13-4-14-15-9)16-19(17,18)7-2-6(10)3-12-8(7)11/h2-5,16H,1H3,(H2,11,12)(H,13,14,15). The number of aromatic amines is 1. The summed E-state index contributed by atoms with van der Waals surface area (Å²) in [5.41, 5.74) is 5.58. The van der Waals surface area contributed by atoms with Crippen molar-refractivity contribution >= 4 is 31.8 Å². The number of anilines is 1. The minimum Gasteiger partial charge on any atom is -0.383 e. The Labute approximate surface area is 118 Å². The highest BCUT2D eigenvalue weighted by Crippen LogP contribution is 2.22. The number of nitrogen functional groups attached to an aromatic ring is 1. The molecule has 1 atom stereocenters. The van der Waals surface area contributed by atoms with E-state index >= 15 is 0 Å². The molecule has 2 rings (SSSR count). The van der Waals surface area contributed by atoms with Crippen LogP contribution in [0, 0.1) is 0 Å². The first kappa shape index (κ1) is 13.9. The van der Waals surface area contributed by atoms with Crippen LogP contribution in [0.25, 0.3) is 0 Å². The predicted molar refractivity (Wildman–Crippen MR) is 71.5 cm³/mol. The maximum absolute atomic E-state index is 12.2. The van der Waals surface area contributed by atoms with E-state index in [1.807, 2.05) is 0 Å². The third kappa shape index (κ3) is 3.08. The molecule has 19 heavy (non-hydrogen) atoms. The number of hydrogen-bond acceptors (Lipinski definition) is 6. The first-order valence-electron chi connectivity index (χ1n) is 5.19. The molecule has 102 valence electrons. The van der Waals surface area contributed by atoms with Gasteiger partial charge in [-0.1, -0.05) is 0 Å². The van der Waals surface area contributed by atoms with Crippen molar-refractivity contribution in [1.82, 2.24) is 24.9 Å². The van der Waals surface area contributed by atoms with Crippen molar-refractivity contribution in [2.45, 2.75) is 17.9 Å². The SMILES string of the molecule is CC(NS(=O)(=O)c1cc(Br)cnc1N)c1ncn[nH]1. The van der Waals surface area contributed by atoms with Gasteiger partial charge in [0, 0.05) is 10.7 Å². The summed E-state index contributed by atoms with van der Waals surface area (Å²) in [4.78, 5) is 7.59. The molecule has 0 bridgehead atoms. The van der Waals surface area contributed by atoms with E-state index < -0.39 is 16.1 Å². The fourth-order valence-corrected chi connectivity index (χ4v) is 3.22. The fraction of sp³-hybridized carbons (Fsp3) is 0.222. The average Bonchev–Trinajstić information content (AvgIpc) is 2.85. The van der Waals surface area contributed by atoms with Gasteiger partial charge in [0.1, 0.15) is 22.9 Å². The van der Waals surface area contributed by atoms with Gasteiger partial charge in [0.15, 0.2) is 0 Å². The number of pyridine rings is 1. The lowest BCUT2D eigenvalue weighted by Gasteiger charge is -2.12. The highest BCUT2D eigenvalue weighted by atomic mass is 79.9. The predicted octanol–water partition coefficient (Wildman–Crippen LogP) is 0.584. The largest absolute Gasteiger partial charge is 0.383 e. The Balaban J connectivity index is 2.30. The highest BCUT2D eigenvalue weighted by molar-refractivity contribution is 9.10. The zero-order chi connectivity index (χ0) is 14.0. The summed E-state index contributed by atoms with van der Waals surface area (Å²) < 4.78 is 27.4. The molecule has 0 saturated heterocycles. The first-order chi connectivity index (χ1) is 8.90. The number of aromatic nitrogens is 4. The number of hydrogen-bond donors (Lipinski definition) is 3. The number of nitrogens with zero attached hydrogens (tertiary/aromatic N) is 3. The molecule has 0 aliphatic rings. The molecule has 0 fully saturated rings. The quantitative estimate of drug-likeness (QED) is 0.743. The van der Waals surface area contributed by atoms with Crippen molar-refractivity contribution in [2.24, 2.45) is 0 Å². The molecule has 0 aromatic carbocycles. The fourth-order valence-electron chi connectivity index (χ4n) is 1.42. The molecule has 0 aliphatic carbocycles. The van der Waals surface area contributed by atoms with Gasteiger partial charge >= 0.3 is 0 Å². The van der Waals surface area contributed by atoms with Crippen LogP contribution in [0.3, 0.4) is 0 Å². The van der Waals surface area contributed by atoms with E-state index in [4.69, 9.17) is 5.73 Å². The van der Waals surface area contributed by atoms with Crippen LogP contribution in [-0.2, 0) is 10.0 Å². The van der Waals surface area contributed by atoms with Gasteiger partial charge in [0.25, 0.3) is 0 Å². The molecule has 0 amide bonds. The van der Waals surface area contributed by atoms with E-state index in [9.17, 15) is 8.42 Å². The molecule has 2 aromatic heterocycles. The maximum atomic E-state index is 12.2. The molecule has 0 aliphatic heterocycles. The summed E-state index contributed by atoms with van der Waals surface area (Å²) in [5, 5.41) is 6.25. The monoisotopic (exact) mass is 346 g/mol. The van der Waals surface area contributed by atoms with Gasteiger partial charge in [-0.05, 0) is 28.9 Å². The van der Waals surface area contributed by atoms with Crippen molar-refractivity contribution in [3.05, 3.63) is 28.9 Å². The number of H-pyrrole nitrogens is 1. The van der Waals surface area contributed by atoms with E-state index in [2.05, 4.69) is 40.8 Å². The second-order valence-corrected chi connectivity index (χ2v) is 6.35. The lowest BCUT2D eigenvalue weighted by atomic mass is 10.3. The summed E-state index contributed by atoms with van der Waals surface area (Å²) in [6, 6.07) is 0.823. The molecular weight excluding hydrogens is 336 g/mol. The second kappa shape index (κ2) is 5.23. The first-order valence-corrected chi connectivity index (χ1v) is 7.46. The second-order valence-electron chi connectivity index (χ2n) is 3.75. The molecule has 4 N–H and O–H groups in total. The lowest BCUT2D eigenvalue weighted by Crippen LogP contribution is -2.28. The average molecular weight is 347 g/mol. The van der Waals surface area contributed by atoms with Crippen molar-refractivity contribution in [3.8, 4) is 0 Å². The van der Waals surface area contributed by atoms with Crippen LogP contribution >= 0.6 is 15.9 Å². The van der Waals surface area contributed by atoms with Crippen molar-refractivity contribution in [1.29, 1.82) is 0 Å². The van der Waals surface area contributed by atoms with E-state index in [0.717, 1.165) is 0 Å². The van der Waals surface area contributed by atoms with Gasteiger partial charge in [-0.2, -0.15) is 5.10 Å². The van der Waals surface area contributed by atoms with Crippen LogP contribution in [0.1, 0.15) is 18.8 Å². The third-order valence-corrected chi connectivity index (χ3v) is 4.32. The maximum Gasteiger partial charge on any atom is 0.244 e. The van der Waals surface area contributed by atoms with Gasteiger partial charge in [-0.15, -0.1) is 0 Å². The third-order valence-electron chi connectivity index (χ3n) is 2.31. The van der Waals surface area contributed by atoms with Crippen molar-refractivity contribution in [2.75, 3.05) is 5.73 Å². The molecule has 2 aromatic rings. The molecule has 8 nitrogen and oxygen atoms in total. The molecule has 2 heterocycles. The molecule has 0 radical (unpaired) electrons.